The predicted octanol–water partition coefficient (Wildman–Crippen LogP) is 0.624. The standard InChI is InChI=1S/C10H10N4O3/c1-12-10(15)6-13-8-3-2-7(5-11)4-9(8)14(16)17/h2-4,13H,6H2,1H3,(H,12,15). The van der Waals surface area contributed by atoms with E-state index in [0.717, 1.165) is 6.07 Å². The maximum absolute atomic E-state index is 11.0. The molecule has 0 heterocycles. The lowest BCUT2D eigenvalue weighted by Crippen LogP contribution is -2.26. The number of hydrogen-bond acceptors (Lipinski definition) is 5. The summed E-state index contributed by atoms with van der Waals surface area (Å²) in [6.45, 7) is -0.0662. The van der Waals surface area contributed by atoms with Crippen LogP contribution < -0.4 is 10.6 Å². The van der Waals surface area contributed by atoms with Crippen LogP contribution in [0.25, 0.3) is 0 Å². The number of likely N-dealkylation sites (N-methyl/N-ethyl adjacent to an activating group) is 1. The van der Waals surface area contributed by atoms with E-state index in [1.165, 1.54) is 19.2 Å². The van der Waals surface area contributed by atoms with Crippen molar-refractivity contribution in [2.24, 2.45) is 0 Å². The summed E-state index contributed by atoms with van der Waals surface area (Å²) in [4.78, 5) is 21.1. The zero-order valence-corrected chi connectivity index (χ0v) is 9.06. The van der Waals surface area contributed by atoms with Gasteiger partial charge >= 0.3 is 0 Å². The molecule has 0 aliphatic carbocycles. The fraction of sp³-hybridized carbons (Fsp3) is 0.200. The number of hydrogen-bond donors (Lipinski definition) is 2. The van der Waals surface area contributed by atoms with E-state index in [1.807, 2.05) is 6.07 Å². The molecule has 0 radical (unpaired) electrons. The largest absolute Gasteiger partial charge is 0.371 e. The van der Waals surface area contributed by atoms with Crippen LogP contribution in [0.15, 0.2) is 18.2 Å². The van der Waals surface area contributed by atoms with E-state index in [4.69, 9.17) is 5.26 Å². The molecule has 0 unspecified atom stereocenters. The lowest BCUT2D eigenvalue weighted by atomic mass is 10.2. The van der Waals surface area contributed by atoms with Crippen molar-refractivity contribution < 1.29 is 9.72 Å². The molecule has 0 aliphatic rings. The van der Waals surface area contributed by atoms with E-state index >= 15 is 0 Å². The molecule has 7 heteroatoms. The Hall–Kier alpha value is -2.62. The average molecular weight is 234 g/mol. The third kappa shape index (κ3) is 3.17. The number of nitrogens with one attached hydrogen (secondary N) is 2. The van der Waals surface area contributed by atoms with Gasteiger partial charge in [-0.1, -0.05) is 0 Å². The van der Waals surface area contributed by atoms with Crippen LogP contribution in [-0.2, 0) is 4.79 Å². The fourth-order valence-electron chi connectivity index (χ4n) is 1.17. The molecule has 0 aliphatic heterocycles. The van der Waals surface area contributed by atoms with E-state index < -0.39 is 4.92 Å². The summed E-state index contributed by atoms with van der Waals surface area (Å²) in [7, 11) is 1.47. The van der Waals surface area contributed by atoms with Crippen LogP contribution in [0.5, 0.6) is 0 Å². The Bertz CT molecular complexity index is 493. The summed E-state index contributed by atoms with van der Waals surface area (Å²) < 4.78 is 0. The van der Waals surface area contributed by atoms with E-state index in [2.05, 4.69) is 10.6 Å². The molecule has 0 saturated carbocycles. The van der Waals surface area contributed by atoms with Crippen molar-refractivity contribution in [1.82, 2.24) is 5.32 Å². The fourth-order valence-corrected chi connectivity index (χ4v) is 1.17. The van der Waals surface area contributed by atoms with E-state index in [1.54, 1.807) is 0 Å². The van der Waals surface area contributed by atoms with Gasteiger partial charge in [0.2, 0.25) is 5.91 Å². The highest BCUT2D eigenvalue weighted by Crippen LogP contribution is 2.24. The maximum atomic E-state index is 11.0. The number of benzene rings is 1. The molecular formula is C10H10N4O3. The molecule has 1 rings (SSSR count). The molecule has 0 fully saturated rings. The second-order valence-corrected chi connectivity index (χ2v) is 3.13. The smallest absolute Gasteiger partial charge is 0.293 e. The van der Waals surface area contributed by atoms with Crippen molar-refractivity contribution in [3.8, 4) is 6.07 Å². The molecule has 1 amide bonds. The highest BCUT2D eigenvalue weighted by atomic mass is 16.6. The second kappa shape index (κ2) is 5.46. The number of amides is 1. The van der Waals surface area contributed by atoms with E-state index in [-0.39, 0.29) is 29.4 Å². The Morgan fingerprint density at radius 3 is 2.82 bits per heavy atom. The maximum Gasteiger partial charge on any atom is 0.293 e. The monoisotopic (exact) mass is 234 g/mol. The van der Waals surface area contributed by atoms with Crippen LogP contribution in [0.2, 0.25) is 0 Å². The van der Waals surface area contributed by atoms with Crippen LogP contribution in [0.4, 0.5) is 11.4 Å². The van der Waals surface area contributed by atoms with Crippen molar-refractivity contribution in [1.29, 1.82) is 5.26 Å². The molecule has 0 saturated heterocycles. The van der Waals surface area contributed by atoms with Gasteiger partial charge in [-0.05, 0) is 12.1 Å². The van der Waals surface area contributed by atoms with Gasteiger partial charge in [0.25, 0.3) is 5.69 Å². The van der Waals surface area contributed by atoms with Crippen molar-refractivity contribution in [3.05, 3.63) is 33.9 Å². The molecule has 17 heavy (non-hydrogen) atoms. The number of nitriles is 1. The van der Waals surface area contributed by atoms with Gasteiger partial charge in [0.1, 0.15) is 5.69 Å². The molecule has 0 aromatic heterocycles. The molecule has 2 N–H and O–H groups in total. The second-order valence-electron chi connectivity index (χ2n) is 3.13. The number of nitro benzene ring substituents is 1. The van der Waals surface area contributed by atoms with Crippen molar-refractivity contribution >= 4 is 17.3 Å². The first-order valence-electron chi connectivity index (χ1n) is 4.71. The van der Waals surface area contributed by atoms with E-state index in [0.29, 0.717) is 0 Å². The molecule has 1 aromatic rings. The Morgan fingerprint density at radius 2 is 2.29 bits per heavy atom. The number of rotatable bonds is 4. The summed E-state index contributed by atoms with van der Waals surface area (Å²) in [6.07, 6.45) is 0. The first-order chi connectivity index (χ1) is 8.08. The van der Waals surface area contributed by atoms with Gasteiger partial charge in [0.05, 0.1) is 23.1 Å². The Kier molecular flexibility index (Phi) is 4.00. The topological polar surface area (TPSA) is 108 Å². The summed E-state index contributed by atoms with van der Waals surface area (Å²) >= 11 is 0. The number of nitro groups is 1. The lowest BCUT2D eigenvalue weighted by Gasteiger charge is -2.06. The zero-order valence-electron chi connectivity index (χ0n) is 9.06. The first-order valence-corrected chi connectivity index (χ1v) is 4.71. The Balaban J connectivity index is 2.95. The number of carbonyl (C=O) groups excluding carboxylic acids is 1. The molecule has 1 aromatic carbocycles. The van der Waals surface area contributed by atoms with Crippen LogP contribution in [0.1, 0.15) is 5.56 Å². The summed E-state index contributed by atoms with van der Waals surface area (Å²) in [6, 6.07) is 5.82. The van der Waals surface area contributed by atoms with Gasteiger partial charge in [-0.25, -0.2) is 0 Å². The van der Waals surface area contributed by atoms with Crippen LogP contribution in [0, 0.1) is 21.4 Å². The highest BCUT2D eigenvalue weighted by Gasteiger charge is 2.14. The summed E-state index contributed by atoms with van der Waals surface area (Å²) in [5.74, 6) is -0.288. The van der Waals surface area contributed by atoms with Crippen LogP contribution in [0.3, 0.4) is 0 Å². The van der Waals surface area contributed by atoms with Crippen molar-refractivity contribution in [3.63, 3.8) is 0 Å². The third-order valence-corrected chi connectivity index (χ3v) is 2.04. The van der Waals surface area contributed by atoms with E-state index in [9.17, 15) is 14.9 Å². The molecule has 0 spiro atoms. The Morgan fingerprint density at radius 1 is 1.59 bits per heavy atom. The van der Waals surface area contributed by atoms with Gasteiger partial charge in [0, 0.05) is 13.1 Å². The van der Waals surface area contributed by atoms with Crippen LogP contribution >= 0.6 is 0 Å². The SMILES string of the molecule is CNC(=O)CNc1ccc(C#N)cc1[N+](=O)[O-]. The van der Waals surface area contributed by atoms with Crippen molar-refractivity contribution in [2.75, 3.05) is 18.9 Å². The summed E-state index contributed by atoms with van der Waals surface area (Å²) in [5, 5.41) is 24.4. The zero-order chi connectivity index (χ0) is 12.8. The van der Waals surface area contributed by atoms with Crippen LogP contribution in [-0.4, -0.2) is 24.4 Å². The molecule has 0 bridgehead atoms. The Labute approximate surface area is 97.2 Å². The third-order valence-electron chi connectivity index (χ3n) is 2.04. The minimum Gasteiger partial charge on any atom is -0.371 e. The molecule has 88 valence electrons. The molecule has 0 atom stereocenters. The lowest BCUT2D eigenvalue weighted by molar-refractivity contribution is -0.384. The first kappa shape index (κ1) is 12.4. The summed E-state index contributed by atoms with van der Waals surface area (Å²) in [5.41, 5.74) is 0.174. The van der Waals surface area contributed by atoms with Crippen molar-refractivity contribution in [2.45, 2.75) is 0 Å². The molecular weight excluding hydrogens is 224 g/mol. The quantitative estimate of drug-likeness (QED) is 0.586. The van der Waals surface area contributed by atoms with Gasteiger partial charge in [-0.2, -0.15) is 5.26 Å². The molecule has 7 nitrogen and oxygen atoms in total. The minimum absolute atomic E-state index is 0.0662. The number of nitrogens with zero attached hydrogens (tertiary/aromatic N) is 2. The van der Waals surface area contributed by atoms with Gasteiger partial charge in [-0.3, -0.25) is 14.9 Å². The van der Waals surface area contributed by atoms with Gasteiger partial charge < -0.3 is 10.6 Å². The van der Waals surface area contributed by atoms with Gasteiger partial charge in [0.15, 0.2) is 0 Å². The predicted molar refractivity (Wildman–Crippen MR) is 60.4 cm³/mol. The minimum atomic E-state index is -0.604. The normalized spacial score (nSPS) is 9.18. The average Bonchev–Trinajstić information content (AvgIpc) is 2.35. The number of anilines is 1. The van der Waals surface area contributed by atoms with Gasteiger partial charge in [-0.15, -0.1) is 0 Å². The highest BCUT2D eigenvalue weighted by molar-refractivity contribution is 5.81. The number of carbonyl (C=O) groups is 1.